The summed E-state index contributed by atoms with van der Waals surface area (Å²) in [6.07, 6.45) is 1.82. The van der Waals surface area contributed by atoms with Crippen LogP contribution in [0, 0.1) is 0 Å². The van der Waals surface area contributed by atoms with Crippen LogP contribution in [-0.2, 0) is 4.79 Å². The largest absolute Gasteiger partial charge is 0.355 e. The highest BCUT2D eigenvalue weighted by molar-refractivity contribution is 6.26. The normalized spacial score (nSPS) is 16.0. The Labute approximate surface area is 132 Å². The van der Waals surface area contributed by atoms with Gasteiger partial charge in [-0.3, -0.25) is 4.79 Å². The smallest absolute Gasteiger partial charge is 0.273 e. The van der Waals surface area contributed by atoms with E-state index in [9.17, 15) is 4.79 Å². The van der Waals surface area contributed by atoms with E-state index in [1.165, 1.54) is 0 Å². The molecule has 1 amide bonds. The minimum absolute atomic E-state index is 0.184. The van der Waals surface area contributed by atoms with Crippen molar-refractivity contribution in [2.45, 2.75) is 6.92 Å². The number of hydrogen-bond acceptors (Lipinski definition) is 4. The molecule has 0 spiro atoms. The number of amides is 1. The lowest BCUT2D eigenvalue weighted by molar-refractivity contribution is -0.116. The zero-order valence-corrected chi connectivity index (χ0v) is 12.4. The second-order valence-corrected chi connectivity index (χ2v) is 5.35. The van der Waals surface area contributed by atoms with Crippen LogP contribution in [0.5, 0.6) is 0 Å². The Hall–Kier alpha value is -3.21. The van der Waals surface area contributed by atoms with E-state index in [0.717, 1.165) is 27.8 Å². The number of carbonyl (C=O) groups is 1. The van der Waals surface area contributed by atoms with Gasteiger partial charge < -0.3 is 4.52 Å². The number of nitrogens with one attached hydrogen (secondary N) is 1. The van der Waals surface area contributed by atoms with Crippen LogP contribution in [0.2, 0.25) is 0 Å². The predicted molar refractivity (Wildman–Crippen MR) is 88.7 cm³/mol. The lowest BCUT2D eigenvalue weighted by atomic mass is 10.0. The van der Waals surface area contributed by atoms with Crippen LogP contribution in [-0.4, -0.2) is 16.8 Å². The summed E-state index contributed by atoms with van der Waals surface area (Å²) in [6, 6.07) is 15.6. The molecule has 0 saturated heterocycles. The van der Waals surface area contributed by atoms with Crippen molar-refractivity contribution < 1.29 is 9.32 Å². The molecule has 5 nitrogen and oxygen atoms in total. The van der Waals surface area contributed by atoms with E-state index in [1.54, 1.807) is 6.92 Å². The zero-order chi connectivity index (χ0) is 15.8. The van der Waals surface area contributed by atoms with Gasteiger partial charge in [-0.05, 0) is 30.7 Å². The maximum Gasteiger partial charge on any atom is 0.273 e. The Kier molecular flexibility index (Phi) is 3.05. The maximum atomic E-state index is 11.8. The zero-order valence-electron chi connectivity index (χ0n) is 12.4. The van der Waals surface area contributed by atoms with E-state index >= 15 is 0 Å². The van der Waals surface area contributed by atoms with Crippen LogP contribution in [0.15, 0.2) is 63.7 Å². The van der Waals surface area contributed by atoms with Crippen LogP contribution in [0.3, 0.4) is 0 Å². The molecule has 3 aromatic rings. The summed E-state index contributed by atoms with van der Waals surface area (Å²) in [5.74, 6) is 0.540. The Balaban J connectivity index is 1.83. The van der Waals surface area contributed by atoms with Gasteiger partial charge in [-0.15, -0.1) is 0 Å². The first-order chi connectivity index (χ1) is 11.2. The number of nitrogens with zero attached hydrogens (tertiary/aromatic N) is 2. The quantitative estimate of drug-likeness (QED) is 0.738. The summed E-state index contributed by atoms with van der Waals surface area (Å²) in [4.78, 5) is 11.8. The van der Waals surface area contributed by atoms with Gasteiger partial charge in [0.1, 0.15) is 5.52 Å². The molecule has 0 bridgehead atoms. The second-order valence-electron chi connectivity index (χ2n) is 5.35. The van der Waals surface area contributed by atoms with Gasteiger partial charge >= 0.3 is 0 Å². The van der Waals surface area contributed by atoms with E-state index in [1.807, 2.05) is 54.6 Å². The van der Waals surface area contributed by atoms with Crippen molar-refractivity contribution in [3.8, 4) is 11.3 Å². The van der Waals surface area contributed by atoms with Crippen molar-refractivity contribution in [2.24, 2.45) is 5.10 Å². The molecule has 1 aromatic heterocycles. The van der Waals surface area contributed by atoms with Crippen molar-refractivity contribution in [1.82, 2.24) is 10.6 Å². The average molecular weight is 303 g/mol. The van der Waals surface area contributed by atoms with Crippen molar-refractivity contribution >= 4 is 28.6 Å². The van der Waals surface area contributed by atoms with E-state index < -0.39 is 0 Å². The van der Waals surface area contributed by atoms with Gasteiger partial charge in [0.2, 0.25) is 0 Å². The van der Waals surface area contributed by atoms with Gasteiger partial charge in [-0.1, -0.05) is 41.6 Å². The van der Waals surface area contributed by atoms with E-state index in [-0.39, 0.29) is 5.91 Å². The molecule has 0 radical (unpaired) electrons. The van der Waals surface area contributed by atoms with Crippen LogP contribution >= 0.6 is 0 Å². The monoisotopic (exact) mass is 303 g/mol. The van der Waals surface area contributed by atoms with Gasteiger partial charge in [0.15, 0.2) is 5.76 Å². The molecule has 1 aliphatic heterocycles. The van der Waals surface area contributed by atoms with E-state index in [2.05, 4.69) is 15.7 Å². The summed E-state index contributed by atoms with van der Waals surface area (Å²) < 4.78 is 5.49. The Bertz CT molecular complexity index is 968. The van der Waals surface area contributed by atoms with Gasteiger partial charge in [-0.2, -0.15) is 5.10 Å². The third-order valence-electron chi connectivity index (χ3n) is 3.81. The lowest BCUT2D eigenvalue weighted by Gasteiger charge is -1.99. The molecule has 2 aromatic carbocycles. The van der Waals surface area contributed by atoms with Crippen molar-refractivity contribution in [3.05, 3.63) is 59.7 Å². The summed E-state index contributed by atoms with van der Waals surface area (Å²) >= 11 is 0. The first-order valence-electron chi connectivity index (χ1n) is 7.24. The molecule has 1 N–H and O–H groups in total. The number of hydrazone groups is 1. The molecule has 23 heavy (non-hydrogen) atoms. The summed E-state index contributed by atoms with van der Waals surface area (Å²) in [6.45, 7) is 1.80. The summed E-state index contributed by atoms with van der Waals surface area (Å²) in [7, 11) is 0. The number of benzene rings is 2. The highest BCUT2D eigenvalue weighted by atomic mass is 16.5. The molecule has 112 valence electrons. The van der Waals surface area contributed by atoms with Crippen LogP contribution in [0.1, 0.15) is 12.5 Å². The molecule has 0 unspecified atom stereocenters. The molecule has 5 heteroatoms. The Morgan fingerprint density at radius 1 is 1.13 bits per heavy atom. The van der Waals surface area contributed by atoms with Crippen molar-refractivity contribution in [3.63, 3.8) is 0 Å². The molecule has 0 saturated carbocycles. The first-order valence-corrected chi connectivity index (χ1v) is 7.24. The maximum absolute atomic E-state index is 11.8. The Morgan fingerprint density at radius 3 is 2.70 bits per heavy atom. The van der Waals surface area contributed by atoms with Gasteiger partial charge in [-0.25, -0.2) is 5.43 Å². The Morgan fingerprint density at radius 2 is 1.96 bits per heavy atom. The topological polar surface area (TPSA) is 67.5 Å². The summed E-state index contributed by atoms with van der Waals surface area (Å²) in [5.41, 5.74) is 6.37. The minimum atomic E-state index is -0.184. The fourth-order valence-corrected chi connectivity index (χ4v) is 2.60. The molecular formula is C18H13N3O2. The summed E-state index contributed by atoms with van der Waals surface area (Å²) in [5, 5.41) is 8.94. The average Bonchev–Trinajstić information content (AvgIpc) is 3.14. The SMILES string of the molecule is CC1=NNC(=O)C1=Cc1ccc2noc(-c3ccccc3)c2c1. The van der Waals surface area contributed by atoms with E-state index in [0.29, 0.717) is 11.3 Å². The number of rotatable bonds is 2. The van der Waals surface area contributed by atoms with Gasteiger partial charge in [0.05, 0.1) is 16.7 Å². The molecule has 2 heterocycles. The number of carbonyl (C=O) groups excluding carboxylic acids is 1. The van der Waals surface area contributed by atoms with Crippen LogP contribution in [0.4, 0.5) is 0 Å². The van der Waals surface area contributed by atoms with Crippen LogP contribution < -0.4 is 5.43 Å². The highest BCUT2D eigenvalue weighted by Crippen LogP contribution is 2.29. The fourth-order valence-electron chi connectivity index (χ4n) is 2.60. The number of hydrogen-bond donors (Lipinski definition) is 1. The predicted octanol–water partition coefficient (Wildman–Crippen LogP) is 3.38. The third kappa shape index (κ3) is 2.32. The fraction of sp³-hybridized carbons (Fsp3) is 0.0556. The molecule has 1 aliphatic rings. The number of aromatic nitrogens is 1. The van der Waals surface area contributed by atoms with Gasteiger partial charge in [0, 0.05) is 5.56 Å². The third-order valence-corrected chi connectivity index (χ3v) is 3.81. The minimum Gasteiger partial charge on any atom is -0.355 e. The van der Waals surface area contributed by atoms with Gasteiger partial charge in [0.25, 0.3) is 5.91 Å². The van der Waals surface area contributed by atoms with Crippen molar-refractivity contribution in [2.75, 3.05) is 0 Å². The molecule has 4 rings (SSSR count). The molecule has 0 aliphatic carbocycles. The number of fused-ring (bicyclic) bond motifs is 1. The second kappa shape index (κ2) is 5.21. The molecule has 0 atom stereocenters. The molecular weight excluding hydrogens is 290 g/mol. The standard InChI is InChI=1S/C18H13N3O2/c1-11-14(18(22)20-19-11)9-12-7-8-16-15(10-12)17(23-21-16)13-5-3-2-4-6-13/h2-10H,1H3,(H,20,22). The van der Waals surface area contributed by atoms with E-state index in [4.69, 9.17) is 4.52 Å². The van der Waals surface area contributed by atoms with Crippen LogP contribution in [0.25, 0.3) is 28.3 Å². The highest BCUT2D eigenvalue weighted by Gasteiger charge is 2.19. The van der Waals surface area contributed by atoms with Crippen molar-refractivity contribution in [1.29, 1.82) is 0 Å². The first kappa shape index (κ1) is 13.5. The molecule has 0 fully saturated rings. The lowest BCUT2D eigenvalue weighted by Crippen LogP contribution is -2.12.